The van der Waals surface area contributed by atoms with Crippen LogP contribution in [0.15, 0.2) is 82.7 Å². The van der Waals surface area contributed by atoms with Crippen LogP contribution in [0.2, 0.25) is 0 Å². The van der Waals surface area contributed by atoms with Crippen LogP contribution in [0.3, 0.4) is 0 Å². The molecule has 0 aliphatic heterocycles. The number of rotatable bonds is 6. The maximum atomic E-state index is 13.3. The van der Waals surface area contributed by atoms with Crippen LogP contribution in [-0.2, 0) is 0 Å². The van der Waals surface area contributed by atoms with Gasteiger partial charge < -0.3 is 9.64 Å². The number of hydrogen-bond donors (Lipinski definition) is 0. The normalized spacial score (nSPS) is 11.2. The summed E-state index contributed by atoms with van der Waals surface area (Å²) >= 11 is 0. The minimum absolute atomic E-state index is 0.219. The first-order chi connectivity index (χ1) is 15.1. The number of para-hydroxylation sites is 1. The molecule has 0 saturated heterocycles. The molecule has 0 amide bonds. The Balaban J connectivity index is 1.88. The molecule has 31 heavy (non-hydrogen) atoms. The van der Waals surface area contributed by atoms with Crippen LogP contribution in [0.1, 0.15) is 12.5 Å². The molecular weight excluding hydrogens is 388 g/mol. The van der Waals surface area contributed by atoms with E-state index in [-0.39, 0.29) is 5.56 Å². The summed E-state index contributed by atoms with van der Waals surface area (Å²) < 4.78 is 7.17. The van der Waals surface area contributed by atoms with Gasteiger partial charge in [0.25, 0.3) is 5.56 Å². The van der Waals surface area contributed by atoms with Crippen LogP contribution >= 0.6 is 0 Å². The van der Waals surface area contributed by atoms with Crippen LogP contribution in [0.25, 0.3) is 22.3 Å². The van der Waals surface area contributed by atoms with Crippen LogP contribution in [-0.4, -0.2) is 36.6 Å². The average molecular weight is 412 g/mol. The zero-order valence-corrected chi connectivity index (χ0v) is 17.8. The molecule has 0 bridgehead atoms. The van der Waals surface area contributed by atoms with Crippen molar-refractivity contribution in [2.45, 2.75) is 6.92 Å². The lowest BCUT2D eigenvalue weighted by molar-refractivity contribution is 0.340. The van der Waals surface area contributed by atoms with Crippen molar-refractivity contribution in [2.75, 3.05) is 25.6 Å². The van der Waals surface area contributed by atoms with E-state index >= 15 is 0 Å². The zero-order valence-electron chi connectivity index (χ0n) is 17.8. The summed E-state index contributed by atoms with van der Waals surface area (Å²) in [7, 11) is 3.95. The maximum Gasteiger partial charge on any atom is 0.282 e. The summed E-state index contributed by atoms with van der Waals surface area (Å²) in [5.74, 6) is 1.20. The van der Waals surface area contributed by atoms with Crippen molar-refractivity contribution in [3.63, 3.8) is 0 Å². The lowest BCUT2D eigenvalue weighted by Crippen LogP contribution is -2.20. The molecule has 0 fully saturated rings. The Morgan fingerprint density at radius 2 is 1.77 bits per heavy atom. The van der Waals surface area contributed by atoms with Crippen molar-refractivity contribution in [1.82, 2.24) is 9.66 Å². The van der Waals surface area contributed by atoms with Gasteiger partial charge in [0.15, 0.2) is 5.82 Å². The fraction of sp³-hybridized carbons (Fsp3) is 0.160. The molecule has 0 radical (unpaired) electrons. The van der Waals surface area contributed by atoms with E-state index in [1.54, 1.807) is 12.3 Å². The molecule has 0 spiro atoms. The molecule has 0 aliphatic rings. The van der Waals surface area contributed by atoms with Gasteiger partial charge in [0.05, 0.1) is 23.7 Å². The third-order valence-corrected chi connectivity index (χ3v) is 4.91. The molecule has 6 heteroatoms. The minimum Gasteiger partial charge on any atom is -0.493 e. The number of hydrogen-bond acceptors (Lipinski definition) is 5. The van der Waals surface area contributed by atoms with Gasteiger partial charge in [0.2, 0.25) is 0 Å². The zero-order chi connectivity index (χ0) is 21.8. The number of fused-ring (bicyclic) bond motifs is 1. The Morgan fingerprint density at radius 1 is 1.03 bits per heavy atom. The second-order valence-electron chi connectivity index (χ2n) is 7.23. The molecule has 0 N–H and O–H groups in total. The van der Waals surface area contributed by atoms with Gasteiger partial charge in [-0.15, -0.1) is 0 Å². The number of nitrogens with zero attached hydrogens (tertiary/aromatic N) is 4. The van der Waals surface area contributed by atoms with E-state index in [1.165, 1.54) is 4.68 Å². The topological polar surface area (TPSA) is 59.7 Å². The average Bonchev–Trinajstić information content (AvgIpc) is 2.79. The van der Waals surface area contributed by atoms with E-state index in [0.717, 1.165) is 16.8 Å². The monoisotopic (exact) mass is 412 g/mol. The molecule has 4 rings (SSSR count). The first-order valence-electron chi connectivity index (χ1n) is 10.1. The van der Waals surface area contributed by atoms with Crippen LogP contribution in [0, 0.1) is 0 Å². The lowest BCUT2D eigenvalue weighted by atomic mass is 10.2. The largest absolute Gasteiger partial charge is 0.493 e. The second-order valence-corrected chi connectivity index (χ2v) is 7.23. The molecule has 0 atom stereocenters. The predicted octanol–water partition coefficient (Wildman–Crippen LogP) is 4.41. The standard InChI is InChI=1S/C25H24N4O2/c1-4-31-23-16-20(28(2)3)15-14-19(23)17-26-29-24(18-10-6-5-7-11-18)27-22-13-9-8-12-21(22)25(29)30/h5-17H,4H2,1-3H3. The van der Waals surface area contributed by atoms with Crippen LogP contribution < -0.4 is 15.2 Å². The summed E-state index contributed by atoms with van der Waals surface area (Å²) in [6, 6.07) is 22.8. The van der Waals surface area contributed by atoms with Gasteiger partial charge in [-0.25, -0.2) is 4.98 Å². The van der Waals surface area contributed by atoms with E-state index in [1.807, 2.05) is 92.6 Å². The summed E-state index contributed by atoms with van der Waals surface area (Å²) in [6.07, 6.45) is 1.65. The van der Waals surface area contributed by atoms with Gasteiger partial charge in [-0.05, 0) is 31.2 Å². The van der Waals surface area contributed by atoms with Crippen molar-refractivity contribution < 1.29 is 4.74 Å². The molecule has 4 aromatic rings. The third kappa shape index (κ3) is 4.19. The Labute approximate surface area is 181 Å². The first-order valence-corrected chi connectivity index (χ1v) is 10.1. The number of anilines is 1. The van der Waals surface area contributed by atoms with Crippen molar-refractivity contribution in [3.8, 4) is 17.1 Å². The Bertz CT molecular complexity index is 1290. The molecule has 156 valence electrons. The third-order valence-electron chi connectivity index (χ3n) is 4.91. The van der Waals surface area contributed by atoms with Crippen molar-refractivity contribution >= 4 is 22.8 Å². The fourth-order valence-corrected chi connectivity index (χ4v) is 3.31. The molecule has 0 unspecified atom stereocenters. The lowest BCUT2D eigenvalue weighted by Gasteiger charge is -2.15. The fourth-order valence-electron chi connectivity index (χ4n) is 3.31. The van der Waals surface area contributed by atoms with E-state index in [2.05, 4.69) is 5.10 Å². The highest BCUT2D eigenvalue weighted by molar-refractivity contribution is 5.85. The molecule has 0 aliphatic carbocycles. The van der Waals surface area contributed by atoms with Gasteiger partial charge in [0.1, 0.15) is 5.75 Å². The smallest absolute Gasteiger partial charge is 0.282 e. The molecule has 6 nitrogen and oxygen atoms in total. The highest BCUT2D eigenvalue weighted by atomic mass is 16.5. The molecule has 3 aromatic carbocycles. The van der Waals surface area contributed by atoms with Gasteiger partial charge in [0, 0.05) is 37.0 Å². The quantitative estimate of drug-likeness (QED) is 0.440. The Kier molecular flexibility index (Phi) is 5.80. The summed E-state index contributed by atoms with van der Waals surface area (Å²) in [6.45, 7) is 2.47. The Morgan fingerprint density at radius 3 is 2.52 bits per heavy atom. The van der Waals surface area contributed by atoms with E-state index in [9.17, 15) is 4.79 Å². The molecule has 0 saturated carbocycles. The predicted molar refractivity (Wildman–Crippen MR) is 126 cm³/mol. The SMILES string of the molecule is CCOc1cc(N(C)C)ccc1C=Nn1c(-c2ccccc2)nc2ccccc2c1=O. The maximum absolute atomic E-state index is 13.3. The summed E-state index contributed by atoms with van der Waals surface area (Å²) in [4.78, 5) is 20.0. The molecular formula is C25H24N4O2. The van der Waals surface area contributed by atoms with Crippen molar-refractivity contribution in [2.24, 2.45) is 5.10 Å². The van der Waals surface area contributed by atoms with E-state index in [4.69, 9.17) is 9.72 Å². The number of benzene rings is 3. The highest BCUT2D eigenvalue weighted by Gasteiger charge is 2.12. The summed E-state index contributed by atoms with van der Waals surface area (Å²) in [5.41, 5.74) is 3.05. The minimum atomic E-state index is -0.219. The van der Waals surface area contributed by atoms with Gasteiger partial charge in [-0.1, -0.05) is 42.5 Å². The van der Waals surface area contributed by atoms with Crippen molar-refractivity contribution in [1.29, 1.82) is 0 Å². The number of aromatic nitrogens is 2. The summed E-state index contributed by atoms with van der Waals surface area (Å²) in [5, 5.41) is 5.06. The Hall–Kier alpha value is -3.93. The van der Waals surface area contributed by atoms with Gasteiger partial charge in [-0.3, -0.25) is 4.79 Å². The van der Waals surface area contributed by atoms with Gasteiger partial charge >= 0.3 is 0 Å². The molecule has 1 heterocycles. The van der Waals surface area contributed by atoms with Crippen molar-refractivity contribution in [3.05, 3.63) is 88.7 Å². The highest BCUT2D eigenvalue weighted by Crippen LogP contribution is 2.24. The van der Waals surface area contributed by atoms with E-state index in [0.29, 0.717) is 29.1 Å². The first kappa shape index (κ1) is 20.3. The van der Waals surface area contributed by atoms with Gasteiger partial charge in [-0.2, -0.15) is 9.78 Å². The van der Waals surface area contributed by atoms with E-state index < -0.39 is 0 Å². The van der Waals surface area contributed by atoms with Crippen LogP contribution in [0.5, 0.6) is 5.75 Å². The van der Waals surface area contributed by atoms with Crippen LogP contribution in [0.4, 0.5) is 5.69 Å². The second kappa shape index (κ2) is 8.83. The molecule has 1 aromatic heterocycles. The number of ether oxygens (including phenoxy) is 1.